The van der Waals surface area contributed by atoms with Crippen molar-refractivity contribution < 1.29 is 28.7 Å². The standard InChI is InChI=1S/C28H38O6/c1-6-24(31)33-16-23(30)28(34-25(32)7-2)17(3)14-22-20-9-8-18-15-19(29)10-12-26(18,4)21(20)11-13-27(22,28)5/h11,15,17,20,22H,6-10,12-14,16H2,1-5H3/t17-,20+,22-,26-,27-,28-/m0/s1. The van der Waals surface area contributed by atoms with Crippen molar-refractivity contribution in [2.45, 2.75) is 91.6 Å². The van der Waals surface area contributed by atoms with Crippen LogP contribution < -0.4 is 0 Å². The molecule has 0 spiro atoms. The third kappa shape index (κ3) is 3.51. The Bertz CT molecular complexity index is 975. The number of hydrogen-bond acceptors (Lipinski definition) is 6. The first-order valence-electron chi connectivity index (χ1n) is 12.9. The van der Waals surface area contributed by atoms with Gasteiger partial charge in [-0.2, -0.15) is 0 Å². The maximum absolute atomic E-state index is 13.8. The maximum Gasteiger partial charge on any atom is 0.306 e. The third-order valence-electron chi connectivity index (χ3n) is 9.51. The van der Waals surface area contributed by atoms with Crippen LogP contribution in [0, 0.1) is 28.6 Å². The van der Waals surface area contributed by atoms with E-state index in [0.717, 1.165) is 25.7 Å². The minimum Gasteiger partial charge on any atom is -0.457 e. The molecule has 0 radical (unpaired) electrons. The van der Waals surface area contributed by atoms with Gasteiger partial charge in [-0.25, -0.2) is 0 Å². The van der Waals surface area contributed by atoms with Crippen molar-refractivity contribution >= 4 is 23.5 Å². The molecule has 0 amide bonds. The average molecular weight is 471 g/mol. The number of carbonyl (C=O) groups excluding carboxylic acids is 4. The zero-order valence-electron chi connectivity index (χ0n) is 21.2. The molecule has 4 aliphatic rings. The van der Waals surface area contributed by atoms with Gasteiger partial charge < -0.3 is 9.47 Å². The molecule has 0 unspecified atom stereocenters. The fourth-order valence-electron chi connectivity index (χ4n) is 7.66. The summed E-state index contributed by atoms with van der Waals surface area (Å²) in [6.45, 7) is 9.41. The van der Waals surface area contributed by atoms with Crippen molar-refractivity contribution in [3.63, 3.8) is 0 Å². The van der Waals surface area contributed by atoms with E-state index in [1.165, 1.54) is 11.1 Å². The minimum absolute atomic E-state index is 0.104. The van der Waals surface area contributed by atoms with E-state index in [1.54, 1.807) is 13.8 Å². The van der Waals surface area contributed by atoms with Gasteiger partial charge in [0.05, 0.1) is 0 Å². The molecule has 0 N–H and O–H groups in total. The Morgan fingerprint density at radius 2 is 1.79 bits per heavy atom. The fraction of sp³-hybridized carbons (Fsp3) is 0.714. The lowest BCUT2D eigenvalue weighted by molar-refractivity contribution is -0.191. The Kier molecular flexibility index (Phi) is 6.41. The normalized spacial score (nSPS) is 38.6. The minimum atomic E-state index is -1.32. The van der Waals surface area contributed by atoms with E-state index in [4.69, 9.17) is 9.47 Å². The van der Waals surface area contributed by atoms with Gasteiger partial charge in [0.25, 0.3) is 0 Å². The Labute approximate surface area is 202 Å². The summed E-state index contributed by atoms with van der Waals surface area (Å²) >= 11 is 0. The van der Waals surface area contributed by atoms with Gasteiger partial charge in [0.2, 0.25) is 5.78 Å². The second-order valence-electron chi connectivity index (χ2n) is 11.1. The highest BCUT2D eigenvalue weighted by atomic mass is 16.6. The number of esters is 2. The lowest BCUT2D eigenvalue weighted by atomic mass is 9.50. The van der Waals surface area contributed by atoms with E-state index < -0.39 is 23.0 Å². The number of ketones is 2. The van der Waals surface area contributed by atoms with E-state index in [9.17, 15) is 19.2 Å². The van der Waals surface area contributed by atoms with Gasteiger partial charge in [-0.05, 0) is 50.0 Å². The first kappa shape index (κ1) is 24.9. The molecular weight excluding hydrogens is 432 g/mol. The third-order valence-corrected chi connectivity index (χ3v) is 9.51. The summed E-state index contributed by atoms with van der Waals surface area (Å²) in [5, 5.41) is 0. The average Bonchev–Trinajstić information content (AvgIpc) is 3.04. The molecule has 6 atom stereocenters. The van der Waals surface area contributed by atoms with Crippen molar-refractivity contribution in [3.8, 4) is 0 Å². The SMILES string of the molecule is CCC(=O)OCC(=O)[C@@]1(OC(=O)CC)[C@@H](C)C[C@H]2[C@@H]3CCC4=CC(=O)CC[C@]4(C)C3=CC[C@@]21C. The fourth-order valence-corrected chi connectivity index (χ4v) is 7.66. The van der Waals surface area contributed by atoms with Gasteiger partial charge in [-0.3, -0.25) is 19.2 Å². The lowest BCUT2D eigenvalue weighted by Crippen LogP contribution is -2.60. The van der Waals surface area contributed by atoms with Crippen LogP contribution in [-0.2, 0) is 28.7 Å². The molecule has 0 aromatic carbocycles. The second kappa shape index (κ2) is 8.76. The molecule has 0 aliphatic heterocycles. The summed E-state index contributed by atoms with van der Waals surface area (Å²) in [6, 6.07) is 0. The Hall–Kier alpha value is -2.24. The summed E-state index contributed by atoms with van der Waals surface area (Å²) in [6.07, 6.45) is 9.14. The highest BCUT2D eigenvalue weighted by Gasteiger charge is 2.70. The molecule has 4 aliphatic carbocycles. The predicted molar refractivity (Wildman–Crippen MR) is 127 cm³/mol. The van der Waals surface area contributed by atoms with Crippen LogP contribution in [0.2, 0.25) is 0 Å². The number of Topliss-reactive ketones (excluding diaryl/α,β-unsaturated/α-hetero) is 1. The summed E-state index contributed by atoms with van der Waals surface area (Å²) in [5.41, 5.74) is 0.638. The highest BCUT2D eigenvalue weighted by molar-refractivity contribution is 5.94. The van der Waals surface area contributed by atoms with Crippen molar-refractivity contribution in [1.29, 1.82) is 0 Å². The summed E-state index contributed by atoms with van der Waals surface area (Å²) < 4.78 is 11.4. The lowest BCUT2D eigenvalue weighted by Gasteiger charge is -2.55. The zero-order valence-corrected chi connectivity index (χ0v) is 21.2. The molecule has 0 bridgehead atoms. The molecule has 2 saturated carbocycles. The highest BCUT2D eigenvalue weighted by Crippen LogP contribution is 2.67. The number of rotatable bonds is 6. The van der Waals surface area contributed by atoms with Crippen LogP contribution in [-0.4, -0.2) is 35.7 Å². The molecule has 0 saturated heterocycles. The number of allylic oxidation sites excluding steroid dienone is 4. The van der Waals surface area contributed by atoms with Gasteiger partial charge in [0.15, 0.2) is 18.0 Å². The van der Waals surface area contributed by atoms with Crippen LogP contribution in [0.4, 0.5) is 0 Å². The smallest absolute Gasteiger partial charge is 0.306 e. The predicted octanol–water partition coefficient (Wildman–Crippen LogP) is 4.90. The van der Waals surface area contributed by atoms with Crippen LogP contribution in [0.25, 0.3) is 0 Å². The zero-order chi connectivity index (χ0) is 24.9. The van der Waals surface area contributed by atoms with E-state index in [-0.39, 0.29) is 54.2 Å². The van der Waals surface area contributed by atoms with Crippen LogP contribution >= 0.6 is 0 Å². The molecule has 0 aromatic rings. The van der Waals surface area contributed by atoms with E-state index >= 15 is 0 Å². The van der Waals surface area contributed by atoms with Crippen LogP contribution in [0.1, 0.15) is 86.0 Å². The topological polar surface area (TPSA) is 86.7 Å². The summed E-state index contributed by atoms with van der Waals surface area (Å²) in [5.74, 6) is -0.647. The van der Waals surface area contributed by atoms with Gasteiger partial charge in [-0.15, -0.1) is 0 Å². The molecule has 34 heavy (non-hydrogen) atoms. The number of hydrogen-bond donors (Lipinski definition) is 0. The molecular formula is C28H38O6. The van der Waals surface area contributed by atoms with Crippen molar-refractivity contribution in [2.75, 3.05) is 6.61 Å². The van der Waals surface area contributed by atoms with Gasteiger partial charge in [0, 0.05) is 36.0 Å². The molecule has 0 heterocycles. The molecule has 0 aromatic heterocycles. The largest absolute Gasteiger partial charge is 0.457 e. The first-order valence-corrected chi connectivity index (χ1v) is 12.9. The quantitative estimate of drug-likeness (QED) is 0.405. The van der Waals surface area contributed by atoms with Crippen LogP contribution in [0.3, 0.4) is 0 Å². The number of fused-ring (bicyclic) bond motifs is 5. The first-order chi connectivity index (χ1) is 16.0. The molecule has 2 fully saturated rings. The van der Waals surface area contributed by atoms with Crippen LogP contribution in [0.5, 0.6) is 0 Å². The summed E-state index contributed by atoms with van der Waals surface area (Å²) in [7, 11) is 0. The Morgan fingerprint density at radius 1 is 1.09 bits per heavy atom. The van der Waals surface area contributed by atoms with Gasteiger partial charge in [0.1, 0.15) is 0 Å². The van der Waals surface area contributed by atoms with E-state index in [0.29, 0.717) is 12.8 Å². The van der Waals surface area contributed by atoms with E-state index in [1.807, 2.05) is 13.0 Å². The molecule has 6 nitrogen and oxygen atoms in total. The van der Waals surface area contributed by atoms with Crippen molar-refractivity contribution in [2.24, 2.45) is 28.6 Å². The van der Waals surface area contributed by atoms with Gasteiger partial charge in [-0.1, -0.05) is 51.8 Å². The monoisotopic (exact) mass is 470 g/mol. The second-order valence-corrected chi connectivity index (χ2v) is 11.1. The van der Waals surface area contributed by atoms with Crippen molar-refractivity contribution in [1.82, 2.24) is 0 Å². The molecule has 4 rings (SSSR count). The molecule has 6 heteroatoms. The van der Waals surface area contributed by atoms with Crippen LogP contribution in [0.15, 0.2) is 23.3 Å². The summed E-state index contributed by atoms with van der Waals surface area (Å²) in [4.78, 5) is 50.3. The maximum atomic E-state index is 13.8. The number of carbonyl (C=O) groups is 4. The van der Waals surface area contributed by atoms with Gasteiger partial charge >= 0.3 is 11.9 Å². The van der Waals surface area contributed by atoms with E-state index in [2.05, 4.69) is 19.9 Å². The number of ether oxygens (including phenoxy) is 2. The van der Waals surface area contributed by atoms with Crippen molar-refractivity contribution in [3.05, 3.63) is 23.3 Å². The molecule has 186 valence electrons. The Morgan fingerprint density at radius 3 is 2.47 bits per heavy atom. The Balaban J connectivity index is 1.75.